The molecule has 1 aromatic rings. The Bertz CT molecular complexity index is 427. The van der Waals surface area contributed by atoms with Crippen LogP contribution in [0.15, 0.2) is 24.3 Å². The number of carbonyl (C=O) groups is 2. The second-order valence-corrected chi connectivity index (χ2v) is 6.07. The van der Waals surface area contributed by atoms with Crippen LogP contribution in [0.25, 0.3) is 0 Å². The molecule has 0 saturated carbocycles. The molecule has 0 saturated heterocycles. The lowest BCUT2D eigenvalue weighted by molar-refractivity contribution is -0.135. The van der Waals surface area contributed by atoms with Gasteiger partial charge in [0.25, 0.3) is 0 Å². The van der Waals surface area contributed by atoms with E-state index in [0.717, 1.165) is 5.56 Å². The Hall–Kier alpha value is -0.960. The number of halogens is 1. The molecule has 0 radical (unpaired) electrons. The van der Waals surface area contributed by atoms with Gasteiger partial charge in [-0.15, -0.1) is 0 Å². The van der Waals surface area contributed by atoms with Crippen molar-refractivity contribution >= 4 is 27.5 Å². The van der Waals surface area contributed by atoms with Crippen LogP contribution in [-0.4, -0.2) is 11.6 Å². The number of Topliss-reactive ketones (excluding diaryl/α,β-unsaturated/α-hetero) is 2. The Kier molecular flexibility index (Phi) is 4.26. The van der Waals surface area contributed by atoms with Crippen LogP contribution in [-0.2, 0) is 15.0 Å². The van der Waals surface area contributed by atoms with Gasteiger partial charge in [-0.05, 0) is 16.5 Å². The molecule has 92 valence electrons. The molecule has 0 fully saturated rings. The van der Waals surface area contributed by atoms with Crippen LogP contribution >= 0.6 is 15.9 Å². The minimum absolute atomic E-state index is 0.0882. The molecule has 0 spiro atoms. The summed E-state index contributed by atoms with van der Waals surface area (Å²) in [6.07, 6.45) is 0. The molecule has 0 aromatic heterocycles. The van der Waals surface area contributed by atoms with E-state index >= 15 is 0 Å². The van der Waals surface area contributed by atoms with Gasteiger partial charge in [-0.1, -0.05) is 61.0 Å². The first-order valence-electron chi connectivity index (χ1n) is 5.53. The van der Waals surface area contributed by atoms with E-state index in [1.54, 1.807) is 0 Å². The number of rotatable bonds is 3. The molecule has 1 aromatic carbocycles. The summed E-state index contributed by atoms with van der Waals surface area (Å²) >= 11 is 3.26. The first kappa shape index (κ1) is 14.1. The fourth-order valence-electron chi connectivity index (χ4n) is 1.48. The highest BCUT2D eigenvalue weighted by molar-refractivity contribution is 9.09. The third kappa shape index (κ3) is 3.50. The highest BCUT2D eigenvalue weighted by Crippen LogP contribution is 2.28. The lowest BCUT2D eigenvalue weighted by atomic mass is 9.86. The summed E-state index contributed by atoms with van der Waals surface area (Å²) in [7, 11) is 0. The Morgan fingerprint density at radius 3 is 1.94 bits per heavy atom. The lowest BCUT2D eigenvalue weighted by Crippen LogP contribution is -2.16. The van der Waals surface area contributed by atoms with Gasteiger partial charge < -0.3 is 0 Å². The Morgan fingerprint density at radius 1 is 1.12 bits per heavy atom. The molecular formula is C14H17BrO2. The Balaban J connectivity index is 2.96. The number of benzene rings is 1. The van der Waals surface area contributed by atoms with Crippen molar-refractivity contribution in [3.05, 3.63) is 35.4 Å². The van der Waals surface area contributed by atoms with Crippen molar-refractivity contribution in [1.82, 2.24) is 0 Å². The van der Waals surface area contributed by atoms with Crippen molar-refractivity contribution in [2.24, 2.45) is 0 Å². The molecule has 0 amide bonds. The molecule has 0 aliphatic heterocycles. The van der Waals surface area contributed by atoms with Crippen molar-refractivity contribution in [1.29, 1.82) is 0 Å². The SMILES string of the molecule is CC(=O)C(=O)C(Br)c1ccc(C(C)(C)C)cc1. The molecule has 17 heavy (non-hydrogen) atoms. The molecule has 3 heteroatoms. The van der Waals surface area contributed by atoms with E-state index in [0.29, 0.717) is 0 Å². The molecule has 0 N–H and O–H groups in total. The summed E-state index contributed by atoms with van der Waals surface area (Å²) in [5.41, 5.74) is 2.11. The number of hydrogen-bond donors (Lipinski definition) is 0. The molecule has 0 aliphatic carbocycles. The van der Waals surface area contributed by atoms with Crippen LogP contribution in [0.5, 0.6) is 0 Å². The van der Waals surface area contributed by atoms with Crippen molar-refractivity contribution < 1.29 is 9.59 Å². The molecule has 1 rings (SSSR count). The van der Waals surface area contributed by atoms with Gasteiger partial charge in [0.05, 0.1) is 0 Å². The van der Waals surface area contributed by atoms with Crippen LogP contribution in [0.4, 0.5) is 0 Å². The predicted octanol–water partition coefficient (Wildman–Crippen LogP) is 3.58. The summed E-state index contributed by atoms with van der Waals surface area (Å²) < 4.78 is 0. The topological polar surface area (TPSA) is 34.1 Å². The van der Waals surface area contributed by atoms with E-state index in [1.807, 2.05) is 24.3 Å². The maximum Gasteiger partial charge on any atom is 0.216 e. The number of carbonyl (C=O) groups excluding carboxylic acids is 2. The van der Waals surface area contributed by atoms with Crippen molar-refractivity contribution in [3.8, 4) is 0 Å². The molecule has 0 bridgehead atoms. The number of hydrogen-bond acceptors (Lipinski definition) is 2. The predicted molar refractivity (Wildman–Crippen MR) is 72.5 cm³/mol. The maximum atomic E-state index is 11.5. The number of alkyl halides is 1. The molecule has 2 nitrogen and oxygen atoms in total. The molecular weight excluding hydrogens is 280 g/mol. The van der Waals surface area contributed by atoms with Gasteiger partial charge in [-0.3, -0.25) is 9.59 Å². The van der Waals surface area contributed by atoms with Gasteiger partial charge in [0.2, 0.25) is 5.78 Å². The highest BCUT2D eigenvalue weighted by Gasteiger charge is 2.21. The van der Waals surface area contributed by atoms with E-state index in [1.165, 1.54) is 12.5 Å². The fourth-order valence-corrected chi connectivity index (χ4v) is 2.11. The van der Waals surface area contributed by atoms with Crippen LogP contribution in [0.1, 0.15) is 43.6 Å². The summed E-state index contributed by atoms with van der Waals surface area (Å²) in [5.74, 6) is -0.833. The van der Waals surface area contributed by atoms with E-state index in [9.17, 15) is 9.59 Å². The minimum Gasteiger partial charge on any atom is -0.291 e. The Labute approximate surface area is 111 Å². The van der Waals surface area contributed by atoms with Gasteiger partial charge >= 0.3 is 0 Å². The molecule has 1 atom stereocenters. The van der Waals surface area contributed by atoms with Crippen molar-refractivity contribution in [3.63, 3.8) is 0 Å². The van der Waals surface area contributed by atoms with Gasteiger partial charge in [-0.2, -0.15) is 0 Å². The smallest absolute Gasteiger partial charge is 0.216 e. The van der Waals surface area contributed by atoms with Crippen LogP contribution < -0.4 is 0 Å². The zero-order valence-electron chi connectivity index (χ0n) is 10.6. The first-order valence-corrected chi connectivity index (χ1v) is 6.44. The zero-order valence-corrected chi connectivity index (χ0v) is 12.2. The van der Waals surface area contributed by atoms with Gasteiger partial charge in [0.1, 0.15) is 4.83 Å². The van der Waals surface area contributed by atoms with Crippen LogP contribution in [0, 0.1) is 0 Å². The lowest BCUT2D eigenvalue weighted by Gasteiger charge is -2.19. The van der Waals surface area contributed by atoms with Gasteiger partial charge in [0.15, 0.2) is 5.78 Å². The quantitative estimate of drug-likeness (QED) is 0.631. The molecule has 0 heterocycles. The van der Waals surface area contributed by atoms with Crippen LogP contribution in [0.2, 0.25) is 0 Å². The zero-order chi connectivity index (χ0) is 13.2. The van der Waals surface area contributed by atoms with Crippen molar-refractivity contribution in [2.45, 2.75) is 37.9 Å². The molecule has 0 aliphatic rings. The minimum atomic E-state index is -0.533. The third-order valence-corrected chi connectivity index (χ3v) is 3.59. The van der Waals surface area contributed by atoms with E-state index in [-0.39, 0.29) is 5.41 Å². The standard InChI is InChI=1S/C14H17BrO2/c1-9(16)13(17)12(15)10-5-7-11(8-6-10)14(2,3)4/h5-8,12H,1-4H3. The molecule has 1 unspecified atom stereocenters. The van der Waals surface area contributed by atoms with E-state index < -0.39 is 16.4 Å². The van der Waals surface area contributed by atoms with E-state index in [4.69, 9.17) is 0 Å². The average molecular weight is 297 g/mol. The van der Waals surface area contributed by atoms with E-state index in [2.05, 4.69) is 36.7 Å². The summed E-state index contributed by atoms with van der Waals surface area (Å²) in [6.45, 7) is 7.69. The Morgan fingerprint density at radius 2 is 1.59 bits per heavy atom. The summed E-state index contributed by atoms with van der Waals surface area (Å²) in [6, 6.07) is 7.77. The van der Waals surface area contributed by atoms with Crippen molar-refractivity contribution in [2.75, 3.05) is 0 Å². The monoisotopic (exact) mass is 296 g/mol. The first-order chi connectivity index (χ1) is 7.73. The largest absolute Gasteiger partial charge is 0.291 e. The van der Waals surface area contributed by atoms with Crippen LogP contribution in [0.3, 0.4) is 0 Å². The van der Waals surface area contributed by atoms with Gasteiger partial charge in [0, 0.05) is 6.92 Å². The fraction of sp³-hybridized carbons (Fsp3) is 0.429. The summed E-state index contributed by atoms with van der Waals surface area (Å²) in [5, 5.41) is 0. The highest BCUT2D eigenvalue weighted by atomic mass is 79.9. The summed E-state index contributed by atoms with van der Waals surface area (Å²) in [4.78, 5) is 22.0. The maximum absolute atomic E-state index is 11.5. The second kappa shape index (κ2) is 5.13. The normalized spacial score (nSPS) is 13.2. The second-order valence-electron chi connectivity index (χ2n) is 5.16. The third-order valence-electron chi connectivity index (χ3n) is 2.65. The number of ketones is 2. The van der Waals surface area contributed by atoms with Gasteiger partial charge in [-0.25, -0.2) is 0 Å². The average Bonchev–Trinajstić information content (AvgIpc) is 2.26.